The summed E-state index contributed by atoms with van der Waals surface area (Å²) in [5, 5.41) is 8.49. The highest BCUT2D eigenvalue weighted by atomic mass is 35.5. The van der Waals surface area contributed by atoms with Gasteiger partial charge in [0.05, 0.1) is 6.54 Å². The van der Waals surface area contributed by atoms with Gasteiger partial charge in [0.25, 0.3) is 5.91 Å². The summed E-state index contributed by atoms with van der Waals surface area (Å²) in [6, 6.07) is 3.83. The number of nitrogens with zero attached hydrogens (tertiary/aromatic N) is 6. The number of hydrogen-bond donors (Lipinski definition) is 0. The molecule has 1 atom stereocenters. The summed E-state index contributed by atoms with van der Waals surface area (Å²) in [7, 11) is 1.82. The first-order chi connectivity index (χ1) is 12.4. The highest BCUT2D eigenvalue weighted by Gasteiger charge is 2.31. The van der Waals surface area contributed by atoms with Crippen LogP contribution in [0.15, 0.2) is 30.7 Å². The Morgan fingerprint density at radius 1 is 1.31 bits per heavy atom. The molecular weight excluding hydrogens is 352 g/mol. The van der Waals surface area contributed by atoms with Crippen LogP contribution in [0.2, 0.25) is 5.15 Å². The van der Waals surface area contributed by atoms with Crippen molar-refractivity contribution < 1.29 is 4.79 Å². The molecule has 26 heavy (non-hydrogen) atoms. The molecule has 0 fully saturated rings. The Hall–Kier alpha value is -2.67. The lowest BCUT2D eigenvalue weighted by molar-refractivity contribution is 0.0593. The molecule has 7 nitrogen and oxygen atoms in total. The molecule has 1 aliphatic heterocycles. The van der Waals surface area contributed by atoms with E-state index in [9.17, 15) is 4.79 Å². The molecule has 0 bridgehead atoms. The van der Waals surface area contributed by atoms with E-state index < -0.39 is 0 Å². The van der Waals surface area contributed by atoms with Gasteiger partial charge in [0, 0.05) is 43.8 Å². The highest BCUT2D eigenvalue weighted by Crippen LogP contribution is 2.30. The summed E-state index contributed by atoms with van der Waals surface area (Å²) in [6.45, 7) is 5.22. The fraction of sp³-hybridized carbons (Fsp3) is 0.333. The standard InChI is InChI=1S/C18H19ClN6O/c1-11-6-20-17(19)5-15(11)13-4-16-18(26)25(12(2)7-24(16)8-13)10-14-9-23(3)22-21-14/h4-6,8-9,12H,7,10H2,1-3H3/t12-/m0/s1. The largest absolute Gasteiger partial charge is 0.341 e. The van der Waals surface area contributed by atoms with E-state index >= 15 is 0 Å². The number of carbonyl (C=O) groups excluding carboxylic acids is 1. The normalized spacial score (nSPS) is 16.8. The van der Waals surface area contributed by atoms with E-state index in [1.807, 2.05) is 54.9 Å². The highest BCUT2D eigenvalue weighted by molar-refractivity contribution is 6.29. The molecule has 0 aliphatic carbocycles. The van der Waals surface area contributed by atoms with E-state index in [0.29, 0.717) is 17.4 Å². The third kappa shape index (κ3) is 2.88. The molecule has 1 amide bonds. The molecule has 0 saturated carbocycles. The van der Waals surface area contributed by atoms with Crippen LogP contribution < -0.4 is 0 Å². The molecule has 3 aromatic rings. The average Bonchev–Trinajstić information content (AvgIpc) is 3.20. The third-order valence-corrected chi connectivity index (χ3v) is 4.94. The first kappa shape index (κ1) is 16.8. The number of pyridine rings is 1. The first-order valence-corrected chi connectivity index (χ1v) is 8.79. The molecule has 0 unspecified atom stereocenters. The van der Waals surface area contributed by atoms with E-state index in [-0.39, 0.29) is 11.9 Å². The van der Waals surface area contributed by atoms with Gasteiger partial charge in [-0.15, -0.1) is 5.10 Å². The van der Waals surface area contributed by atoms with Crippen molar-refractivity contribution in [2.45, 2.75) is 33.0 Å². The summed E-state index contributed by atoms with van der Waals surface area (Å²) >= 11 is 6.05. The number of fused-ring (bicyclic) bond motifs is 1. The number of aryl methyl sites for hydroxylation is 2. The van der Waals surface area contributed by atoms with Crippen LogP contribution >= 0.6 is 11.6 Å². The average molecular weight is 371 g/mol. The molecule has 0 saturated heterocycles. The Kier molecular flexibility index (Phi) is 4.03. The molecule has 8 heteroatoms. The van der Waals surface area contributed by atoms with Gasteiger partial charge in [0.15, 0.2) is 0 Å². The fourth-order valence-corrected chi connectivity index (χ4v) is 3.56. The zero-order valence-corrected chi connectivity index (χ0v) is 15.6. The number of aromatic nitrogens is 5. The van der Waals surface area contributed by atoms with Gasteiger partial charge in [-0.3, -0.25) is 9.48 Å². The molecule has 134 valence electrons. The van der Waals surface area contributed by atoms with Gasteiger partial charge in [0.1, 0.15) is 16.5 Å². The zero-order chi connectivity index (χ0) is 18.4. The van der Waals surface area contributed by atoms with Crippen LogP contribution in [0.4, 0.5) is 0 Å². The summed E-state index contributed by atoms with van der Waals surface area (Å²) in [5.74, 6) is -0.00143. The predicted molar refractivity (Wildman–Crippen MR) is 97.7 cm³/mol. The molecule has 4 heterocycles. The molecule has 0 N–H and O–H groups in total. The quantitative estimate of drug-likeness (QED) is 0.665. The molecular formula is C18H19ClN6O. The first-order valence-electron chi connectivity index (χ1n) is 8.41. The Bertz CT molecular complexity index is 991. The van der Waals surface area contributed by atoms with Crippen molar-refractivity contribution >= 4 is 17.5 Å². The third-order valence-electron chi connectivity index (χ3n) is 4.73. The van der Waals surface area contributed by atoms with Gasteiger partial charge in [-0.1, -0.05) is 16.8 Å². The van der Waals surface area contributed by atoms with Crippen molar-refractivity contribution in [1.29, 1.82) is 0 Å². The van der Waals surface area contributed by atoms with Crippen molar-refractivity contribution in [3.8, 4) is 11.1 Å². The van der Waals surface area contributed by atoms with Crippen LogP contribution in [0.25, 0.3) is 11.1 Å². The van der Waals surface area contributed by atoms with Crippen molar-refractivity contribution in [2.75, 3.05) is 0 Å². The van der Waals surface area contributed by atoms with Gasteiger partial charge < -0.3 is 9.47 Å². The number of amides is 1. The second-order valence-electron chi connectivity index (χ2n) is 6.75. The van der Waals surface area contributed by atoms with Crippen molar-refractivity contribution in [3.63, 3.8) is 0 Å². The topological polar surface area (TPSA) is 68.8 Å². The van der Waals surface area contributed by atoms with Gasteiger partial charge in [-0.2, -0.15) is 0 Å². The van der Waals surface area contributed by atoms with Crippen LogP contribution in [-0.2, 0) is 20.1 Å². The number of carbonyl (C=O) groups is 1. The molecule has 0 aromatic carbocycles. The number of halogens is 1. The summed E-state index contributed by atoms with van der Waals surface area (Å²) < 4.78 is 3.66. The van der Waals surface area contributed by atoms with Crippen molar-refractivity contribution in [2.24, 2.45) is 7.05 Å². The van der Waals surface area contributed by atoms with Crippen LogP contribution in [-0.4, -0.2) is 41.4 Å². The van der Waals surface area contributed by atoms with Gasteiger partial charge >= 0.3 is 0 Å². The summed E-state index contributed by atoms with van der Waals surface area (Å²) in [6.07, 6.45) is 5.60. The smallest absolute Gasteiger partial charge is 0.271 e. The number of rotatable bonds is 3. The van der Waals surface area contributed by atoms with E-state index in [1.165, 1.54) is 0 Å². The zero-order valence-electron chi connectivity index (χ0n) is 14.8. The molecule has 3 aromatic heterocycles. The van der Waals surface area contributed by atoms with E-state index in [1.54, 1.807) is 10.9 Å². The Balaban J connectivity index is 1.68. The lowest BCUT2D eigenvalue weighted by atomic mass is 10.1. The number of hydrogen-bond acceptors (Lipinski definition) is 4. The predicted octanol–water partition coefficient (Wildman–Crippen LogP) is 2.68. The summed E-state index contributed by atoms with van der Waals surface area (Å²) in [4.78, 5) is 19.0. The maximum Gasteiger partial charge on any atom is 0.271 e. The van der Waals surface area contributed by atoms with Crippen LogP contribution in [0.5, 0.6) is 0 Å². The van der Waals surface area contributed by atoms with Gasteiger partial charge in [-0.25, -0.2) is 4.98 Å². The van der Waals surface area contributed by atoms with Crippen LogP contribution in [0.1, 0.15) is 28.7 Å². The Morgan fingerprint density at radius 2 is 2.12 bits per heavy atom. The maximum atomic E-state index is 13.0. The molecule has 1 aliphatic rings. The lowest BCUT2D eigenvalue weighted by Gasteiger charge is -2.33. The SMILES string of the molecule is Cc1cnc(Cl)cc1-c1cc2n(c1)C[C@H](C)N(Cc1cn(C)nn1)C2=O. The second kappa shape index (κ2) is 6.25. The second-order valence-corrected chi connectivity index (χ2v) is 7.14. The minimum Gasteiger partial charge on any atom is -0.341 e. The minimum atomic E-state index is -0.00143. The minimum absolute atomic E-state index is 0.00143. The van der Waals surface area contributed by atoms with E-state index in [0.717, 1.165) is 28.9 Å². The molecule has 0 radical (unpaired) electrons. The Morgan fingerprint density at radius 3 is 2.85 bits per heavy atom. The fourth-order valence-electron chi connectivity index (χ4n) is 3.40. The van der Waals surface area contributed by atoms with Crippen LogP contribution in [0.3, 0.4) is 0 Å². The summed E-state index contributed by atoms with van der Waals surface area (Å²) in [5.41, 5.74) is 4.45. The van der Waals surface area contributed by atoms with Crippen LogP contribution in [0, 0.1) is 6.92 Å². The van der Waals surface area contributed by atoms with E-state index in [4.69, 9.17) is 11.6 Å². The van der Waals surface area contributed by atoms with Crippen molar-refractivity contribution in [1.82, 2.24) is 29.4 Å². The lowest BCUT2D eigenvalue weighted by Crippen LogP contribution is -2.45. The Labute approximate surface area is 156 Å². The van der Waals surface area contributed by atoms with Crippen molar-refractivity contribution in [3.05, 3.63) is 52.8 Å². The van der Waals surface area contributed by atoms with Gasteiger partial charge in [-0.05, 0) is 37.1 Å². The monoisotopic (exact) mass is 370 g/mol. The molecule has 4 rings (SSSR count). The molecule has 0 spiro atoms. The maximum absolute atomic E-state index is 13.0. The van der Waals surface area contributed by atoms with E-state index in [2.05, 4.69) is 15.3 Å². The van der Waals surface area contributed by atoms with Gasteiger partial charge in [0.2, 0.25) is 0 Å².